The number of fused-ring (bicyclic) bond motifs is 1. The van der Waals surface area contributed by atoms with E-state index < -0.39 is 6.03 Å². The maximum absolute atomic E-state index is 11.3. The summed E-state index contributed by atoms with van der Waals surface area (Å²) in [5.41, 5.74) is 0.810. The summed E-state index contributed by atoms with van der Waals surface area (Å²) < 4.78 is 0.972. The van der Waals surface area contributed by atoms with Gasteiger partial charge in [-0.2, -0.15) is 5.01 Å². The SMILES string of the molecule is CN(N=O)C(=O)Nc1nc2ccccc2s1. The van der Waals surface area contributed by atoms with Crippen LogP contribution in [0.5, 0.6) is 0 Å². The zero-order valence-electron chi connectivity index (χ0n) is 8.38. The molecular formula is C9H8N4O2S. The standard InChI is InChI=1S/C9H8N4O2S/c1-13(12-15)9(14)11-8-10-6-4-2-3-5-7(6)16-8/h2-5H,1H3,(H,10,11,14). The molecule has 0 fully saturated rings. The Labute approximate surface area is 94.8 Å². The van der Waals surface area contributed by atoms with E-state index in [1.165, 1.54) is 18.4 Å². The number of nitroso groups, excluding NO2 is 1. The predicted molar refractivity (Wildman–Crippen MR) is 62.2 cm³/mol. The molecule has 0 atom stereocenters. The van der Waals surface area contributed by atoms with Crippen molar-refractivity contribution < 1.29 is 4.79 Å². The van der Waals surface area contributed by atoms with E-state index in [1.807, 2.05) is 24.3 Å². The summed E-state index contributed by atoms with van der Waals surface area (Å²) in [4.78, 5) is 25.6. The number of carbonyl (C=O) groups excluding carboxylic acids is 1. The molecule has 2 aromatic rings. The number of anilines is 1. The molecule has 0 aliphatic rings. The van der Waals surface area contributed by atoms with Crippen LogP contribution in [0.1, 0.15) is 0 Å². The Hall–Kier alpha value is -2.02. The van der Waals surface area contributed by atoms with Gasteiger partial charge >= 0.3 is 6.03 Å². The number of thiazole rings is 1. The van der Waals surface area contributed by atoms with E-state index in [2.05, 4.69) is 15.6 Å². The van der Waals surface area contributed by atoms with Crippen LogP contribution in [0.15, 0.2) is 29.6 Å². The van der Waals surface area contributed by atoms with Crippen molar-refractivity contribution >= 4 is 32.7 Å². The number of hydrogen-bond acceptors (Lipinski definition) is 5. The fourth-order valence-corrected chi connectivity index (χ4v) is 1.99. The molecule has 7 heteroatoms. The monoisotopic (exact) mass is 236 g/mol. The van der Waals surface area contributed by atoms with Crippen LogP contribution in [0.4, 0.5) is 9.93 Å². The molecule has 1 heterocycles. The van der Waals surface area contributed by atoms with Gasteiger partial charge in [0.1, 0.15) is 0 Å². The molecule has 1 N–H and O–H groups in total. The van der Waals surface area contributed by atoms with Crippen LogP contribution in [0.2, 0.25) is 0 Å². The molecule has 1 aromatic carbocycles. The first kappa shape index (κ1) is 10.5. The number of nitrogens with one attached hydrogen (secondary N) is 1. The van der Waals surface area contributed by atoms with Crippen molar-refractivity contribution in [1.82, 2.24) is 9.99 Å². The van der Waals surface area contributed by atoms with E-state index in [9.17, 15) is 9.70 Å². The molecule has 0 saturated heterocycles. The second-order valence-corrected chi connectivity index (χ2v) is 4.05. The molecule has 0 unspecified atom stereocenters. The fourth-order valence-electron chi connectivity index (χ4n) is 1.14. The van der Waals surface area contributed by atoms with Crippen LogP contribution < -0.4 is 5.32 Å². The van der Waals surface area contributed by atoms with Gasteiger partial charge in [0.2, 0.25) is 0 Å². The molecule has 0 aliphatic carbocycles. The minimum absolute atomic E-state index is 0.446. The highest BCUT2D eigenvalue weighted by molar-refractivity contribution is 7.22. The molecule has 2 rings (SSSR count). The van der Waals surface area contributed by atoms with Crippen molar-refractivity contribution in [2.75, 3.05) is 12.4 Å². The third-order valence-corrected chi connectivity index (χ3v) is 2.88. The van der Waals surface area contributed by atoms with Crippen LogP contribution in [0.25, 0.3) is 10.2 Å². The summed E-state index contributed by atoms with van der Waals surface area (Å²) in [5, 5.41) is 6.09. The van der Waals surface area contributed by atoms with E-state index in [0.717, 1.165) is 10.2 Å². The summed E-state index contributed by atoms with van der Waals surface area (Å²) in [6.07, 6.45) is 0. The van der Waals surface area contributed by atoms with E-state index in [1.54, 1.807) is 0 Å². The van der Waals surface area contributed by atoms with Gasteiger partial charge in [-0.1, -0.05) is 23.5 Å². The first-order valence-electron chi connectivity index (χ1n) is 4.44. The Balaban J connectivity index is 2.21. The minimum atomic E-state index is -0.603. The first-order chi connectivity index (χ1) is 7.70. The Morgan fingerprint density at radius 2 is 2.25 bits per heavy atom. The summed E-state index contributed by atoms with van der Waals surface area (Å²) in [7, 11) is 1.27. The van der Waals surface area contributed by atoms with Gasteiger partial charge in [0.05, 0.1) is 15.5 Å². The van der Waals surface area contributed by atoms with Crippen LogP contribution in [-0.2, 0) is 0 Å². The first-order valence-corrected chi connectivity index (χ1v) is 5.26. The van der Waals surface area contributed by atoms with E-state index in [4.69, 9.17) is 0 Å². The Kier molecular flexibility index (Phi) is 2.78. The van der Waals surface area contributed by atoms with Crippen molar-refractivity contribution in [3.63, 3.8) is 0 Å². The van der Waals surface area contributed by atoms with Crippen molar-refractivity contribution in [3.8, 4) is 0 Å². The largest absolute Gasteiger partial charge is 0.346 e. The number of carbonyl (C=O) groups is 1. The molecular weight excluding hydrogens is 228 g/mol. The van der Waals surface area contributed by atoms with Gasteiger partial charge in [-0.25, -0.2) is 9.78 Å². The smallest absolute Gasteiger partial charge is 0.282 e. The second-order valence-electron chi connectivity index (χ2n) is 3.02. The molecule has 0 radical (unpaired) electrons. The average Bonchev–Trinajstić information content (AvgIpc) is 2.69. The Bertz CT molecular complexity index is 506. The maximum Gasteiger partial charge on any atom is 0.346 e. The Morgan fingerprint density at radius 3 is 2.94 bits per heavy atom. The third-order valence-electron chi connectivity index (χ3n) is 1.92. The normalized spacial score (nSPS) is 10.1. The lowest BCUT2D eigenvalue weighted by molar-refractivity contribution is 0.224. The third kappa shape index (κ3) is 1.98. The van der Waals surface area contributed by atoms with Crippen LogP contribution >= 0.6 is 11.3 Å². The topological polar surface area (TPSA) is 74.7 Å². The molecule has 0 spiro atoms. The lowest BCUT2D eigenvalue weighted by Gasteiger charge is -2.05. The highest BCUT2D eigenvalue weighted by Crippen LogP contribution is 2.25. The molecule has 2 amide bonds. The summed E-state index contributed by atoms with van der Waals surface area (Å²) in [6, 6.07) is 6.92. The molecule has 0 aliphatic heterocycles. The van der Waals surface area contributed by atoms with Gasteiger partial charge in [0.15, 0.2) is 5.13 Å². The number of aromatic nitrogens is 1. The highest BCUT2D eigenvalue weighted by Gasteiger charge is 2.11. The van der Waals surface area contributed by atoms with E-state index in [-0.39, 0.29) is 0 Å². The molecule has 1 aromatic heterocycles. The van der Waals surface area contributed by atoms with Gasteiger partial charge in [-0.15, -0.1) is 4.91 Å². The van der Waals surface area contributed by atoms with Crippen LogP contribution in [0.3, 0.4) is 0 Å². The van der Waals surface area contributed by atoms with Crippen molar-refractivity contribution in [2.45, 2.75) is 0 Å². The van der Waals surface area contributed by atoms with Crippen molar-refractivity contribution in [2.24, 2.45) is 5.29 Å². The van der Waals surface area contributed by atoms with E-state index >= 15 is 0 Å². The van der Waals surface area contributed by atoms with Gasteiger partial charge < -0.3 is 0 Å². The molecule has 16 heavy (non-hydrogen) atoms. The van der Waals surface area contributed by atoms with Crippen molar-refractivity contribution in [1.29, 1.82) is 0 Å². The summed E-state index contributed by atoms with van der Waals surface area (Å²) in [5.74, 6) is 0. The van der Waals surface area contributed by atoms with Crippen molar-refractivity contribution in [3.05, 3.63) is 29.2 Å². The molecule has 0 bridgehead atoms. The van der Waals surface area contributed by atoms with E-state index in [0.29, 0.717) is 10.1 Å². The maximum atomic E-state index is 11.3. The van der Waals surface area contributed by atoms with Gasteiger partial charge in [0.25, 0.3) is 0 Å². The van der Waals surface area contributed by atoms with Gasteiger partial charge in [-0.05, 0) is 12.1 Å². The number of hydrogen-bond donors (Lipinski definition) is 1. The number of para-hydroxylation sites is 1. The number of benzene rings is 1. The molecule has 6 nitrogen and oxygen atoms in total. The van der Waals surface area contributed by atoms with Crippen LogP contribution in [-0.4, -0.2) is 23.1 Å². The van der Waals surface area contributed by atoms with Gasteiger partial charge in [0, 0.05) is 7.05 Å². The fraction of sp³-hybridized carbons (Fsp3) is 0.111. The minimum Gasteiger partial charge on any atom is -0.282 e. The van der Waals surface area contributed by atoms with Crippen LogP contribution in [0, 0.1) is 4.91 Å². The second kappa shape index (κ2) is 4.23. The Morgan fingerprint density at radius 1 is 1.50 bits per heavy atom. The average molecular weight is 236 g/mol. The number of nitrogens with zero attached hydrogens (tertiary/aromatic N) is 3. The predicted octanol–water partition coefficient (Wildman–Crippen LogP) is 2.44. The molecule has 0 saturated carbocycles. The lowest BCUT2D eigenvalue weighted by Crippen LogP contribution is -2.26. The zero-order chi connectivity index (χ0) is 11.5. The number of amides is 2. The number of urea groups is 1. The molecule has 82 valence electrons. The lowest BCUT2D eigenvalue weighted by atomic mass is 10.3. The summed E-state index contributed by atoms with van der Waals surface area (Å²) >= 11 is 1.34. The van der Waals surface area contributed by atoms with Gasteiger partial charge in [-0.3, -0.25) is 5.32 Å². The summed E-state index contributed by atoms with van der Waals surface area (Å²) in [6.45, 7) is 0. The number of rotatable bonds is 2. The highest BCUT2D eigenvalue weighted by atomic mass is 32.1. The quantitative estimate of drug-likeness (QED) is 0.642. The zero-order valence-corrected chi connectivity index (χ0v) is 9.19.